The number of carboxylic acid groups (broad SMARTS) is 1. The molecule has 0 saturated carbocycles. The summed E-state index contributed by atoms with van der Waals surface area (Å²) < 4.78 is 10.7. The molecular formula is C23H27N3O4. The minimum atomic E-state index is -0.713. The van der Waals surface area contributed by atoms with Crippen LogP contribution in [-0.4, -0.2) is 47.8 Å². The zero-order chi connectivity index (χ0) is 21.1. The molecular weight excluding hydrogens is 382 g/mol. The second kappa shape index (κ2) is 8.83. The van der Waals surface area contributed by atoms with Gasteiger partial charge >= 0.3 is 5.97 Å². The molecule has 0 spiro atoms. The summed E-state index contributed by atoms with van der Waals surface area (Å²) in [7, 11) is 1.70. The Morgan fingerprint density at radius 3 is 2.87 bits per heavy atom. The lowest BCUT2D eigenvalue weighted by molar-refractivity contribution is -0.142. The van der Waals surface area contributed by atoms with Crippen LogP contribution in [-0.2, 0) is 16.0 Å². The van der Waals surface area contributed by atoms with Crippen molar-refractivity contribution in [3.63, 3.8) is 0 Å². The highest BCUT2D eigenvalue weighted by Crippen LogP contribution is 2.33. The van der Waals surface area contributed by atoms with Crippen LogP contribution >= 0.6 is 0 Å². The topological polar surface area (TPSA) is 88.7 Å². The number of aromatic nitrogens is 2. The largest absolute Gasteiger partial charge is 0.481 e. The van der Waals surface area contributed by atoms with Gasteiger partial charge in [0.25, 0.3) is 0 Å². The van der Waals surface area contributed by atoms with E-state index >= 15 is 0 Å². The summed E-state index contributed by atoms with van der Waals surface area (Å²) in [6.07, 6.45) is 6.50. The quantitative estimate of drug-likeness (QED) is 0.588. The molecule has 7 heteroatoms. The number of benzene rings is 1. The van der Waals surface area contributed by atoms with Crippen molar-refractivity contribution in [3.05, 3.63) is 41.9 Å². The number of piperidine rings is 1. The monoisotopic (exact) mass is 409 g/mol. The standard InChI is InChI=1S/C23H27N3O4/c1-15-14-30-20-6-5-17(12-19(15)20)21-22(25-18(13-24-21)4-3-11-29-2)26-9-7-16(8-10-26)23(27)28/h5-6,12-14,16H,3-4,7-11H2,1-2H3,(H,27,28). The SMILES string of the molecule is COCCCc1cnc(-c2ccc3occ(C)c3c2)c(N2CCC(C(=O)O)CC2)n1. The molecule has 158 valence electrons. The maximum Gasteiger partial charge on any atom is 0.306 e. The van der Waals surface area contributed by atoms with Crippen molar-refractivity contribution in [2.75, 3.05) is 31.7 Å². The van der Waals surface area contributed by atoms with E-state index in [9.17, 15) is 9.90 Å². The molecule has 1 saturated heterocycles. The van der Waals surface area contributed by atoms with Crippen LogP contribution in [0.2, 0.25) is 0 Å². The van der Waals surface area contributed by atoms with Gasteiger partial charge in [-0.05, 0) is 56.4 Å². The number of anilines is 1. The van der Waals surface area contributed by atoms with E-state index in [-0.39, 0.29) is 5.92 Å². The summed E-state index contributed by atoms with van der Waals surface area (Å²) in [4.78, 5) is 23.3. The molecule has 0 bridgehead atoms. The summed E-state index contributed by atoms with van der Waals surface area (Å²) >= 11 is 0. The van der Waals surface area contributed by atoms with E-state index < -0.39 is 5.97 Å². The molecule has 0 amide bonds. The van der Waals surface area contributed by atoms with Gasteiger partial charge in [-0.1, -0.05) is 0 Å². The summed E-state index contributed by atoms with van der Waals surface area (Å²) in [5.74, 6) is -0.170. The van der Waals surface area contributed by atoms with Crippen molar-refractivity contribution in [3.8, 4) is 11.3 Å². The van der Waals surface area contributed by atoms with E-state index in [1.54, 1.807) is 13.4 Å². The normalized spacial score (nSPS) is 15.1. The molecule has 4 rings (SSSR count). The van der Waals surface area contributed by atoms with Gasteiger partial charge in [-0.2, -0.15) is 0 Å². The molecule has 0 aliphatic carbocycles. The Morgan fingerprint density at radius 2 is 2.13 bits per heavy atom. The maximum atomic E-state index is 11.4. The number of hydrogen-bond acceptors (Lipinski definition) is 6. The van der Waals surface area contributed by atoms with Crippen LogP contribution in [0.1, 0.15) is 30.5 Å². The fourth-order valence-corrected chi connectivity index (χ4v) is 4.00. The molecule has 1 fully saturated rings. The number of nitrogens with zero attached hydrogens (tertiary/aromatic N) is 3. The highest BCUT2D eigenvalue weighted by molar-refractivity contribution is 5.87. The third-order valence-corrected chi connectivity index (χ3v) is 5.77. The van der Waals surface area contributed by atoms with E-state index in [4.69, 9.17) is 19.1 Å². The molecule has 0 radical (unpaired) electrons. The van der Waals surface area contributed by atoms with E-state index in [1.807, 2.05) is 25.3 Å². The molecule has 1 aliphatic heterocycles. The number of aliphatic carboxylic acids is 1. The Balaban J connectivity index is 1.69. The molecule has 3 aromatic rings. The lowest BCUT2D eigenvalue weighted by atomic mass is 9.96. The van der Waals surface area contributed by atoms with Gasteiger partial charge in [0.2, 0.25) is 0 Å². The summed E-state index contributed by atoms with van der Waals surface area (Å²) in [6.45, 7) is 4.03. The highest BCUT2D eigenvalue weighted by atomic mass is 16.5. The molecule has 30 heavy (non-hydrogen) atoms. The van der Waals surface area contributed by atoms with Gasteiger partial charge in [0.05, 0.1) is 17.9 Å². The Hall–Kier alpha value is -2.93. The Kier molecular flexibility index (Phi) is 5.99. The first-order valence-corrected chi connectivity index (χ1v) is 10.4. The zero-order valence-corrected chi connectivity index (χ0v) is 17.4. The predicted octanol–water partition coefficient (Wildman–Crippen LogP) is 4.08. The van der Waals surface area contributed by atoms with E-state index in [0.29, 0.717) is 32.5 Å². The molecule has 7 nitrogen and oxygen atoms in total. The first kappa shape index (κ1) is 20.3. The van der Waals surface area contributed by atoms with E-state index in [0.717, 1.165) is 52.1 Å². The lowest BCUT2D eigenvalue weighted by Gasteiger charge is -2.32. The van der Waals surface area contributed by atoms with Gasteiger partial charge in [0.15, 0.2) is 5.82 Å². The number of ether oxygens (including phenoxy) is 1. The van der Waals surface area contributed by atoms with Crippen LogP contribution in [0.15, 0.2) is 35.1 Å². The fourth-order valence-electron chi connectivity index (χ4n) is 4.00. The minimum absolute atomic E-state index is 0.285. The molecule has 1 N–H and O–H groups in total. The van der Waals surface area contributed by atoms with Gasteiger partial charge in [-0.3, -0.25) is 9.78 Å². The van der Waals surface area contributed by atoms with E-state index in [2.05, 4.69) is 11.0 Å². The van der Waals surface area contributed by atoms with Crippen LogP contribution in [0.4, 0.5) is 5.82 Å². The number of carbonyl (C=O) groups is 1. The lowest BCUT2D eigenvalue weighted by Crippen LogP contribution is -2.37. The van der Waals surface area contributed by atoms with Crippen molar-refractivity contribution < 1.29 is 19.1 Å². The van der Waals surface area contributed by atoms with Gasteiger partial charge in [-0.25, -0.2) is 4.98 Å². The number of rotatable bonds is 7. The Bertz CT molecular complexity index is 1040. The number of fused-ring (bicyclic) bond motifs is 1. The van der Waals surface area contributed by atoms with Gasteiger partial charge in [0.1, 0.15) is 11.3 Å². The Labute approximate surface area is 175 Å². The van der Waals surface area contributed by atoms with Crippen LogP contribution < -0.4 is 4.90 Å². The first-order chi connectivity index (χ1) is 14.6. The van der Waals surface area contributed by atoms with Crippen molar-refractivity contribution in [1.82, 2.24) is 9.97 Å². The summed E-state index contributed by atoms with van der Waals surface area (Å²) in [5.41, 5.74) is 4.66. The molecule has 0 unspecified atom stereocenters. The second-order valence-corrected chi connectivity index (χ2v) is 7.86. The second-order valence-electron chi connectivity index (χ2n) is 7.86. The smallest absolute Gasteiger partial charge is 0.306 e. The number of aryl methyl sites for hydroxylation is 2. The third kappa shape index (κ3) is 4.16. The number of carboxylic acids is 1. The zero-order valence-electron chi connectivity index (χ0n) is 17.4. The summed E-state index contributed by atoms with van der Waals surface area (Å²) in [6, 6.07) is 6.07. The van der Waals surface area contributed by atoms with Gasteiger partial charge < -0.3 is 19.2 Å². The number of furan rings is 1. The van der Waals surface area contributed by atoms with Gasteiger partial charge in [0, 0.05) is 44.0 Å². The molecule has 0 atom stereocenters. The minimum Gasteiger partial charge on any atom is -0.481 e. The molecule has 2 aromatic heterocycles. The average molecular weight is 409 g/mol. The molecule has 1 aromatic carbocycles. The number of methoxy groups -OCH3 is 1. The van der Waals surface area contributed by atoms with Crippen LogP contribution in [0, 0.1) is 12.8 Å². The van der Waals surface area contributed by atoms with Crippen molar-refractivity contribution in [2.24, 2.45) is 5.92 Å². The average Bonchev–Trinajstić information content (AvgIpc) is 3.14. The Morgan fingerprint density at radius 1 is 1.33 bits per heavy atom. The van der Waals surface area contributed by atoms with Crippen molar-refractivity contribution in [2.45, 2.75) is 32.6 Å². The van der Waals surface area contributed by atoms with Crippen LogP contribution in [0.25, 0.3) is 22.2 Å². The molecule has 3 heterocycles. The van der Waals surface area contributed by atoms with Crippen LogP contribution in [0.3, 0.4) is 0 Å². The first-order valence-electron chi connectivity index (χ1n) is 10.4. The number of hydrogen-bond donors (Lipinski definition) is 1. The fraction of sp³-hybridized carbons (Fsp3) is 0.435. The summed E-state index contributed by atoms with van der Waals surface area (Å²) in [5, 5.41) is 10.4. The highest BCUT2D eigenvalue weighted by Gasteiger charge is 2.27. The van der Waals surface area contributed by atoms with Crippen molar-refractivity contribution in [1.29, 1.82) is 0 Å². The predicted molar refractivity (Wildman–Crippen MR) is 115 cm³/mol. The third-order valence-electron chi connectivity index (χ3n) is 5.77. The van der Waals surface area contributed by atoms with Crippen molar-refractivity contribution >= 4 is 22.8 Å². The van der Waals surface area contributed by atoms with Gasteiger partial charge in [-0.15, -0.1) is 0 Å². The maximum absolute atomic E-state index is 11.4. The van der Waals surface area contributed by atoms with E-state index in [1.165, 1.54) is 0 Å². The molecule has 1 aliphatic rings. The van der Waals surface area contributed by atoms with Crippen LogP contribution in [0.5, 0.6) is 0 Å².